The lowest BCUT2D eigenvalue weighted by Gasteiger charge is -2.32. The van der Waals surface area contributed by atoms with Gasteiger partial charge in [0.1, 0.15) is 18.4 Å². The number of rotatable bonds is 10. The number of carbonyl (C=O) groups excluding carboxylic acids is 2. The SMILES string of the molecule is CC(C)NC(=O)[C@H](C)N(Cc1ccccc1F)C(=O)CN(c1ccccc1)S(=O)(=O)c1ccccc1. The summed E-state index contributed by atoms with van der Waals surface area (Å²) in [6.45, 7) is 4.34. The predicted molar refractivity (Wildman–Crippen MR) is 137 cm³/mol. The van der Waals surface area contributed by atoms with E-state index < -0.39 is 40.2 Å². The van der Waals surface area contributed by atoms with Crippen LogP contribution in [0.4, 0.5) is 10.1 Å². The highest BCUT2D eigenvalue weighted by Crippen LogP contribution is 2.24. The molecule has 0 aliphatic heterocycles. The van der Waals surface area contributed by atoms with Crippen LogP contribution < -0.4 is 9.62 Å². The van der Waals surface area contributed by atoms with Gasteiger partial charge in [0.05, 0.1) is 10.6 Å². The van der Waals surface area contributed by atoms with E-state index in [2.05, 4.69) is 5.32 Å². The van der Waals surface area contributed by atoms with Crippen molar-refractivity contribution < 1.29 is 22.4 Å². The number of halogens is 1. The number of hydrogen-bond donors (Lipinski definition) is 1. The predicted octanol–water partition coefficient (Wildman–Crippen LogP) is 3.96. The molecule has 36 heavy (non-hydrogen) atoms. The van der Waals surface area contributed by atoms with E-state index in [0.717, 1.165) is 4.31 Å². The van der Waals surface area contributed by atoms with Gasteiger partial charge in [-0.25, -0.2) is 12.8 Å². The molecule has 0 aromatic heterocycles. The van der Waals surface area contributed by atoms with Crippen molar-refractivity contribution in [3.63, 3.8) is 0 Å². The Bertz CT molecular complexity index is 1280. The fourth-order valence-corrected chi connectivity index (χ4v) is 5.08. The van der Waals surface area contributed by atoms with Gasteiger partial charge in [-0.2, -0.15) is 0 Å². The van der Waals surface area contributed by atoms with Crippen molar-refractivity contribution in [1.29, 1.82) is 0 Å². The molecule has 0 saturated heterocycles. The van der Waals surface area contributed by atoms with Crippen molar-refractivity contribution in [3.8, 4) is 0 Å². The van der Waals surface area contributed by atoms with Gasteiger partial charge < -0.3 is 10.2 Å². The van der Waals surface area contributed by atoms with Crippen LogP contribution in [0.15, 0.2) is 89.8 Å². The molecule has 0 saturated carbocycles. The average molecular weight is 512 g/mol. The van der Waals surface area contributed by atoms with Crippen molar-refractivity contribution in [1.82, 2.24) is 10.2 Å². The summed E-state index contributed by atoms with van der Waals surface area (Å²) in [4.78, 5) is 27.7. The minimum atomic E-state index is -4.12. The monoisotopic (exact) mass is 511 g/mol. The Balaban J connectivity index is 2.00. The molecule has 3 rings (SSSR count). The largest absolute Gasteiger partial charge is 0.352 e. The first kappa shape index (κ1) is 26.9. The summed E-state index contributed by atoms with van der Waals surface area (Å²) < 4.78 is 42.6. The van der Waals surface area contributed by atoms with Crippen LogP contribution in [0, 0.1) is 5.82 Å². The lowest BCUT2D eigenvalue weighted by atomic mass is 10.1. The number of para-hydroxylation sites is 1. The summed E-state index contributed by atoms with van der Waals surface area (Å²) in [6.07, 6.45) is 0. The minimum absolute atomic E-state index is 0.0212. The van der Waals surface area contributed by atoms with Gasteiger partial charge in [-0.1, -0.05) is 54.6 Å². The van der Waals surface area contributed by atoms with E-state index in [0.29, 0.717) is 5.69 Å². The lowest BCUT2D eigenvalue weighted by Crippen LogP contribution is -2.52. The van der Waals surface area contributed by atoms with Crippen LogP contribution in [-0.2, 0) is 26.2 Å². The van der Waals surface area contributed by atoms with Gasteiger partial charge in [0.25, 0.3) is 10.0 Å². The van der Waals surface area contributed by atoms with Gasteiger partial charge in [-0.15, -0.1) is 0 Å². The van der Waals surface area contributed by atoms with Crippen LogP contribution in [-0.4, -0.2) is 43.8 Å². The summed E-state index contributed by atoms with van der Waals surface area (Å²) in [6, 6.07) is 20.9. The van der Waals surface area contributed by atoms with E-state index in [1.54, 1.807) is 68.4 Å². The van der Waals surface area contributed by atoms with Crippen molar-refractivity contribution in [2.45, 2.75) is 44.3 Å². The van der Waals surface area contributed by atoms with Crippen LogP contribution >= 0.6 is 0 Å². The Morgan fingerprint density at radius 1 is 0.861 bits per heavy atom. The molecule has 1 N–H and O–H groups in total. The Morgan fingerprint density at radius 2 is 1.42 bits per heavy atom. The van der Waals surface area contributed by atoms with E-state index in [1.807, 2.05) is 0 Å². The fraction of sp³-hybridized carbons (Fsp3) is 0.259. The van der Waals surface area contributed by atoms with E-state index in [4.69, 9.17) is 0 Å². The molecular formula is C27H30FN3O4S. The third kappa shape index (κ3) is 6.48. The maximum absolute atomic E-state index is 14.5. The fourth-order valence-electron chi connectivity index (χ4n) is 3.64. The molecule has 9 heteroatoms. The molecule has 0 radical (unpaired) electrons. The summed E-state index contributed by atoms with van der Waals surface area (Å²) in [5, 5.41) is 2.76. The maximum atomic E-state index is 14.5. The zero-order chi connectivity index (χ0) is 26.3. The smallest absolute Gasteiger partial charge is 0.264 e. The normalized spacial score (nSPS) is 12.1. The van der Waals surface area contributed by atoms with Gasteiger partial charge in [0.2, 0.25) is 11.8 Å². The first-order valence-electron chi connectivity index (χ1n) is 11.6. The van der Waals surface area contributed by atoms with Crippen LogP contribution in [0.5, 0.6) is 0 Å². The number of nitrogens with one attached hydrogen (secondary N) is 1. The molecule has 3 aromatic carbocycles. The molecule has 0 fully saturated rings. The first-order chi connectivity index (χ1) is 17.1. The van der Waals surface area contributed by atoms with Crippen LogP contribution in [0.2, 0.25) is 0 Å². The molecule has 0 bridgehead atoms. The molecule has 190 valence electrons. The Labute approximate surface area is 211 Å². The Kier molecular flexibility index (Phi) is 8.82. The summed E-state index contributed by atoms with van der Waals surface area (Å²) in [5.41, 5.74) is 0.507. The zero-order valence-electron chi connectivity index (χ0n) is 20.5. The van der Waals surface area contributed by atoms with Gasteiger partial charge >= 0.3 is 0 Å². The number of amides is 2. The van der Waals surface area contributed by atoms with E-state index in [-0.39, 0.29) is 23.0 Å². The van der Waals surface area contributed by atoms with Gasteiger partial charge in [0, 0.05) is 18.2 Å². The number of sulfonamides is 1. The lowest BCUT2D eigenvalue weighted by molar-refractivity contribution is -0.139. The second-order valence-corrected chi connectivity index (χ2v) is 10.5. The number of hydrogen-bond acceptors (Lipinski definition) is 4. The van der Waals surface area contributed by atoms with E-state index >= 15 is 0 Å². The summed E-state index contributed by atoms with van der Waals surface area (Å²) >= 11 is 0. The van der Waals surface area contributed by atoms with Crippen molar-refractivity contribution in [3.05, 3.63) is 96.3 Å². The van der Waals surface area contributed by atoms with Crippen molar-refractivity contribution >= 4 is 27.5 Å². The standard InChI is InChI=1S/C27H30FN3O4S/c1-20(2)29-27(33)21(3)30(18-22-12-10-11-17-25(22)28)26(32)19-31(23-13-6-4-7-14-23)36(34,35)24-15-8-5-9-16-24/h4-17,20-21H,18-19H2,1-3H3,(H,29,33)/t21-/m0/s1. The van der Waals surface area contributed by atoms with Crippen LogP contribution in [0.3, 0.4) is 0 Å². The number of anilines is 1. The Morgan fingerprint density at radius 3 is 2.00 bits per heavy atom. The minimum Gasteiger partial charge on any atom is -0.352 e. The molecule has 1 atom stereocenters. The molecule has 0 aliphatic rings. The van der Waals surface area contributed by atoms with Crippen molar-refractivity contribution in [2.24, 2.45) is 0 Å². The second kappa shape index (κ2) is 11.8. The van der Waals surface area contributed by atoms with E-state index in [1.165, 1.54) is 42.2 Å². The summed E-state index contributed by atoms with van der Waals surface area (Å²) in [5.74, 6) is -1.59. The molecule has 0 unspecified atom stereocenters. The number of benzene rings is 3. The molecule has 2 amide bonds. The van der Waals surface area contributed by atoms with Gasteiger partial charge in [-0.05, 0) is 51.1 Å². The third-order valence-electron chi connectivity index (χ3n) is 5.55. The van der Waals surface area contributed by atoms with Crippen molar-refractivity contribution in [2.75, 3.05) is 10.8 Å². The maximum Gasteiger partial charge on any atom is 0.264 e. The number of carbonyl (C=O) groups is 2. The average Bonchev–Trinajstić information content (AvgIpc) is 2.86. The molecule has 7 nitrogen and oxygen atoms in total. The topological polar surface area (TPSA) is 86.8 Å². The van der Waals surface area contributed by atoms with Crippen LogP contribution in [0.1, 0.15) is 26.3 Å². The molecule has 0 spiro atoms. The summed E-state index contributed by atoms with van der Waals surface area (Å²) in [7, 11) is -4.12. The first-order valence-corrected chi connectivity index (χ1v) is 13.0. The third-order valence-corrected chi connectivity index (χ3v) is 7.34. The van der Waals surface area contributed by atoms with Gasteiger partial charge in [-0.3, -0.25) is 13.9 Å². The number of nitrogens with zero attached hydrogens (tertiary/aromatic N) is 2. The zero-order valence-corrected chi connectivity index (χ0v) is 21.3. The van der Waals surface area contributed by atoms with Crippen LogP contribution in [0.25, 0.3) is 0 Å². The molecule has 3 aromatic rings. The second-order valence-electron chi connectivity index (χ2n) is 8.61. The Hall–Kier alpha value is -3.72. The highest BCUT2D eigenvalue weighted by Gasteiger charge is 2.32. The molecule has 0 aliphatic carbocycles. The van der Waals surface area contributed by atoms with Gasteiger partial charge in [0.15, 0.2) is 0 Å². The quantitative estimate of drug-likeness (QED) is 0.446. The highest BCUT2D eigenvalue weighted by molar-refractivity contribution is 7.92. The molecule has 0 heterocycles. The highest BCUT2D eigenvalue weighted by atomic mass is 32.2. The van der Waals surface area contributed by atoms with E-state index in [9.17, 15) is 22.4 Å². The molecular weight excluding hydrogens is 481 g/mol.